The third kappa shape index (κ3) is 12.7. The Balaban J connectivity index is 1.93. The van der Waals surface area contributed by atoms with E-state index in [0.717, 1.165) is 24.2 Å². The number of nitrogens with zero attached hydrogens (tertiary/aromatic N) is 1. The third-order valence-electron chi connectivity index (χ3n) is 7.75. The molecule has 1 aromatic rings. The Morgan fingerprint density at radius 2 is 1.52 bits per heavy atom. The lowest BCUT2D eigenvalue weighted by atomic mass is 9.93. The molecule has 1 aromatic heterocycles. The van der Waals surface area contributed by atoms with Gasteiger partial charge in [0.1, 0.15) is 17.6 Å². The molecule has 0 saturated heterocycles. The van der Waals surface area contributed by atoms with Gasteiger partial charge >= 0.3 is 0 Å². The van der Waals surface area contributed by atoms with E-state index in [4.69, 9.17) is 11.5 Å². The van der Waals surface area contributed by atoms with Gasteiger partial charge in [-0.3, -0.25) is 29.0 Å². The summed E-state index contributed by atoms with van der Waals surface area (Å²) in [5.41, 5.74) is 11.5. The maximum atomic E-state index is 13.6. The van der Waals surface area contributed by atoms with Gasteiger partial charge in [0.05, 0.1) is 11.4 Å². The fourth-order valence-corrected chi connectivity index (χ4v) is 6.78. The molecule has 3 atom stereocenters. The third-order valence-corrected chi connectivity index (χ3v) is 9.73. The summed E-state index contributed by atoms with van der Waals surface area (Å²) >= 11 is 3.20. The molecule has 1 saturated carbocycles. The van der Waals surface area contributed by atoms with Gasteiger partial charge in [-0.2, -0.15) is 23.5 Å². The molecule has 1 heterocycles. The van der Waals surface area contributed by atoms with Crippen molar-refractivity contribution in [3.05, 3.63) is 29.6 Å². The molecular weight excluding hydrogens is 601 g/mol. The summed E-state index contributed by atoms with van der Waals surface area (Å²) in [4.78, 5) is 67.5. The van der Waals surface area contributed by atoms with Crippen LogP contribution < -0.4 is 27.4 Å². The number of carbonyl (C=O) groups is 5. The average molecular weight is 651 g/mol. The van der Waals surface area contributed by atoms with Crippen molar-refractivity contribution in [3.63, 3.8) is 0 Å². The molecule has 7 N–H and O–H groups in total. The van der Waals surface area contributed by atoms with E-state index < -0.39 is 29.4 Å². The number of aromatic nitrogens is 1. The van der Waals surface area contributed by atoms with Crippen molar-refractivity contribution in [2.24, 2.45) is 23.3 Å². The molecular formula is C31H50N6O5S2. The first kappa shape index (κ1) is 37.4. The van der Waals surface area contributed by atoms with Crippen LogP contribution in [0.2, 0.25) is 0 Å². The summed E-state index contributed by atoms with van der Waals surface area (Å²) in [6.07, 6.45) is 4.21. The van der Waals surface area contributed by atoms with Crippen LogP contribution in [0, 0.1) is 11.8 Å². The minimum atomic E-state index is -1.07. The zero-order chi connectivity index (χ0) is 32.7. The van der Waals surface area contributed by atoms with Gasteiger partial charge in [-0.15, -0.1) is 0 Å². The van der Waals surface area contributed by atoms with Crippen molar-refractivity contribution in [1.29, 1.82) is 0 Å². The topological polar surface area (TPSA) is 186 Å². The van der Waals surface area contributed by atoms with Crippen LogP contribution in [0.25, 0.3) is 0 Å². The summed E-state index contributed by atoms with van der Waals surface area (Å²) < 4.78 is 0. The SMILES string of the molecule is CC[C@H](C)[C@H](NC(=O)[C@H](CC(C)C)NC(=O)C1(NC(=O)CCSCc2cccc(CSCCC(N)=O)n2)CCCC1)C(N)=O. The van der Waals surface area contributed by atoms with E-state index >= 15 is 0 Å². The summed E-state index contributed by atoms with van der Waals surface area (Å²) in [6, 6.07) is 4.15. The number of carbonyl (C=O) groups excluding carboxylic acids is 5. The second kappa shape index (κ2) is 18.9. The van der Waals surface area contributed by atoms with Gasteiger partial charge in [0.25, 0.3) is 0 Å². The number of primary amides is 2. The van der Waals surface area contributed by atoms with E-state index in [1.165, 1.54) is 0 Å². The van der Waals surface area contributed by atoms with Crippen LogP contribution >= 0.6 is 23.5 Å². The molecule has 0 bridgehead atoms. The lowest BCUT2D eigenvalue weighted by Gasteiger charge is -2.32. The lowest BCUT2D eigenvalue weighted by Crippen LogP contribution is -2.62. The molecule has 13 heteroatoms. The highest BCUT2D eigenvalue weighted by Gasteiger charge is 2.44. The summed E-state index contributed by atoms with van der Waals surface area (Å²) in [5.74, 6) is 0.558. The first-order valence-electron chi connectivity index (χ1n) is 15.5. The highest BCUT2D eigenvalue weighted by Crippen LogP contribution is 2.30. The maximum absolute atomic E-state index is 13.6. The highest BCUT2D eigenvalue weighted by atomic mass is 32.2. The molecule has 5 amide bonds. The van der Waals surface area contributed by atoms with Crippen molar-refractivity contribution in [2.75, 3.05) is 11.5 Å². The van der Waals surface area contributed by atoms with Crippen molar-refractivity contribution in [3.8, 4) is 0 Å². The fraction of sp³-hybridized carbons (Fsp3) is 0.677. The Kier molecular flexibility index (Phi) is 16.0. The Morgan fingerprint density at radius 3 is 2.05 bits per heavy atom. The summed E-state index contributed by atoms with van der Waals surface area (Å²) in [5, 5.41) is 8.65. The molecule has 44 heavy (non-hydrogen) atoms. The van der Waals surface area contributed by atoms with Crippen LogP contribution in [0.1, 0.15) is 90.4 Å². The van der Waals surface area contributed by atoms with Crippen LogP contribution in [0.3, 0.4) is 0 Å². The molecule has 246 valence electrons. The van der Waals surface area contributed by atoms with Crippen molar-refractivity contribution < 1.29 is 24.0 Å². The Morgan fingerprint density at radius 1 is 0.932 bits per heavy atom. The highest BCUT2D eigenvalue weighted by molar-refractivity contribution is 7.98. The van der Waals surface area contributed by atoms with E-state index in [2.05, 4.69) is 20.9 Å². The minimum absolute atomic E-state index is 0.101. The molecule has 0 aliphatic heterocycles. The molecule has 0 radical (unpaired) electrons. The van der Waals surface area contributed by atoms with E-state index in [1.807, 2.05) is 45.9 Å². The van der Waals surface area contributed by atoms with Gasteiger partial charge in [0.2, 0.25) is 29.5 Å². The largest absolute Gasteiger partial charge is 0.370 e. The summed E-state index contributed by atoms with van der Waals surface area (Å²) in [7, 11) is 0. The Hall–Kier alpha value is -2.80. The molecule has 1 fully saturated rings. The number of hydrogen-bond acceptors (Lipinski definition) is 8. The first-order valence-corrected chi connectivity index (χ1v) is 17.8. The van der Waals surface area contributed by atoms with Crippen LogP contribution in [-0.4, -0.2) is 63.6 Å². The van der Waals surface area contributed by atoms with Gasteiger partial charge in [-0.1, -0.05) is 53.0 Å². The lowest BCUT2D eigenvalue weighted by molar-refractivity contribution is -0.137. The van der Waals surface area contributed by atoms with Gasteiger partial charge in [0.15, 0.2) is 0 Å². The molecule has 11 nitrogen and oxygen atoms in total. The van der Waals surface area contributed by atoms with Crippen molar-refractivity contribution in [2.45, 2.75) is 108 Å². The van der Waals surface area contributed by atoms with Crippen LogP contribution in [-0.2, 0) is 35.5 Å². The van der Waals surface area contributed by atoms with Crippen LogP contribution in [0.5, 0.6) is 0 Å². The van der Waals surface area contributed by atoms with E-state index in [9.17, 15) is 24.0 Å². The molecule has 2 rings (SSSR count). The van der Waals surface area contributed by atoms with E-state index in [0.29, 0.717) is 55.1 Å². The fourth-order valence-electron chi connectivity index (χ4n) is 5.08. The molecule has 1 aliphatic carbocycles. The number of thioether (sulfide) groups is 2. The number of amides is 5. The van der Waals surface area contributed by atoms with Crippen LogP contribution in [0.15, 0.2) is 18.2 Å². The van der Waals surface area contributed by atoms with Gasteiger partial charge in [-0.05, 0) is 43.2 Å². The normalized spacial score (nSPS) is 16.1. The van der Waals surface area contributed by atoms with E-state index in [1.54, 1.807) is 23.5 Å². The predicted molar refractivity (Wildman–Crippen MR) is 176 cm³/mol. The average Bonchev–Trinajstić information content (AvgIpc) is 3.44. The maximum Gasteiger partial charge on any atom is 0.246 e. The number of nitrogens with one attached hydrogen (secondary N) is 3. The van der Waals surface area contributed by atoms with Gasteiger partial charge < -0.3 is 27.4 Å². The van der Waals surface area contributed by atoms with Gasteiger partial charge in [0, 0.05) is 35.9 Å². The smallest absolute Gasteiger partial charge is 0.246 e. The Labute approximate surface area is 270 Å². The molecule has 0 spiro atoms. The number of pyridine rings is 1. The monoisotopic (exact) mass is 650 g/mol. The number of nitrogens with two attached hydrogens (primary N) is 2. The number of hydrogen-bond donors (Lipinski definition) is 5. The molecule has 1 aliphatic rings. The second-order valence-electron chi connectivity index (χ2n) is 12.0. The second-order valence-corrected chi connectivity index (χ2v) is 14.2. The minimum Gasteiger partial charge on any atom is -0.370 e. The van der Waals surface area contributed by atoms with Gasteiger partial charge in [-0.25, -0.2) is 0 Å². The number of rotatable bonds is 20. The Bertz CT molecular complexity index is 1130. The van der Waals surface area contributed by atoms with Crippen molar-refractivity contribution in [1.82, 2.24) is 20.9 Å². The van der Waals surface area contributed by atoms with Crippen LogP contribution in [0.4, 0.5) is 0 Å². The van der Waals surface area contributed by atoms with Crippen molar-refractivity contribution >= 4 is 53.1 Å². The first-order chi connectivity index (χ1) is 20.9. The molecule has 0 aromatic carbocycles. The zero-order valence-electron chi connectivity index (χ0n) is 26.5. The predicted octanol–water partition coefficient (Wildman–Crippen LogP) is 2.79. The quantitative estimate of drug-likeness (QED) is 0.133. The molecule has 0 unspecified atom stereocenters. The summed E-state index contributed by atoms with van der Waals surface area (Å²) in [6.45, 7) is 7.66. The standard InChI is InChI=1S/C31H50N6O5S2/c1-5-21(4)27(28(33)40)36-29(41)24(17-20(2)3)35-30(42)31(13-6-7-14-31)37-26(39)12-16-44-19-23-10-8-9-22(34-23)18-43-15-11-25(32)38/h8-10,20-21,24,27H,5-7,11-19H2,1-4H3,(H2,32,38)(H2,33,40)(H,35,42)(H,36,41)(H,37,39)/t21-,24-,27-/m0/s1. The zero-order valence-corrected chi connectivity index (χ0v) is 28.1. The van der Waals surface area contributed by atoms with E-state index in [-0.39, 0.29) is 36.0 Å².